The molecule has 102 valence electrons. The quantitative estimate of drug-likeness (QED) is 0.802. The average Bonchev–Trinajstić information content (AvgIpc) is 2.39. The summed E-state index contributed by atoms with van der Waals surface area (Å²) in [5.74, 6) is 0. The number of rotatable bonds is 7. The zero-order valence-corrected chi connectivity index (χ0v) is 12.2. The van der Waals surface area contributed by atoms with Crippen LogP contribution in [-0.2, 0) is 6.54 Å². The Balaban J connectivity index is 2.66. The van der Waals surface area contributed by atoms with E-state index >= 15 is 0 Å². The molecule has 0 saturated carbocycles. The fraction of sp³-hybridized carbons (Fsp3) is 0.625. The van der Waals surface area contributed by atoms with Crippen LogP contribution in [0.2, 0.25) is 0 Å². The van der Waals surface area contributed by atoms with Gasteiger partial charge in [-0.05, 0) is 37.9 Å². The predicted molar refractivity (Wildman–Crippen MR) is 77.6 cm³/mol. The Bertz CT molecular complexity index is 350. The van der Waals surface area contributed by atoms with Gasteiger partial charge in [-0.25, -0.2) is 0 Å². The van der Waals surface area contributed by atoms with Gasteiger partial charge >= 0.3 is 0 Å². The van der Waals surface area contributed by atoms with Crippen LogP contribution in [0.25, 0.3) is 0 Å². The maximum Gasteiger partial charge on any atom is 0.0499 e. The minimum atomic E-state index is 0.0530. The molecule has 1 aromatic rings. The Labute approximate surface area is 112 Å². The second-order valence-electron chi connectivity index (χ2n) is 5.46. The van der Waals surface area contributed by atoms with E-state index in [1.165, 1.54) is 11.1 Å². The van der Waals surface area contributed by atoms with Crippen molar-refractivity contribution in [3.05, 3.63) is 35.4 Å². The topological polar surface area (TPSA) is 23.5 Å². The maximum atomic E-state index is 9.62. The Hall–Kier alpha value is -0.860. The van der Waals surface area contributed by atoms with Crippen molar-refractivity contribution in [2.24, 2.45) is 5.41 Å². The summed E-state index contributed by atoms with van der Waals surface area (Å²) in [4.78, 5) is 2.32. The number of aliphatic hydroxyl groups excluding tert-OH is 1. The molecule has 0 aliphatic heterocycles. The van der Waals surface area contributed by atoms with E-state index in [1.807, 2.05) is 0 Å². The molecule has 0 atom stereocenters. The van der Waals surface area contributed by atoms with Gasteiger partial charge in [-0.1, -0.05) is 38.1 Å². The lowest BCUT2D eigenvalue weighted by molar-refractivity contribution is 0.0730. The zero-order chi connectivity index (χ0) is 13.6. The normalized spacial score (nSPS) is 12.1. The van der Waals surface area contributed by atoms with Crippen LogP contribution in [0.1, 0.15) is 37.8 Å². The number of aryl methyl sites for hydroxylation is 1. The van der Waals surface area contributed by atoms with E-state index in [0.29, 0.717) is 0 Å². The summed E-state index contributed by atoms with van der Waals surface area (Å²) < 4.78 is 0. The van der Waals surface area contributed by atoms with Gasteiger partial charge in [0.15, 0.2) is 0 Å². The number of nitrogens with zero attached hydrogens (tertiary/aromatic N) is 1. The predicted octanol–water partition coefficient (Wildman–Crippen LogP) is 3.23. The van der Waals surface area contributed by atoms with E-state index < -0.39 is 0 Å². The summed E-state index contributed by atoms with van der Waals surface area (Å²) in [6, 6.07) is 8.51. The van der Waals surface area contributed by atoms with Gasteiger partial charge in [0.1, 0.15) is 0 Å². The lowest BCUT2D eigenvalue weighted by Gasteiger charge is -2.34. The largest absolute Gasteiger partial charge is 0.396 e. The molecule has 0 fully saturated rings. The molecule has 0 bridgehead atoms. The van der Waals surface area contributed by atoms with Crippen LogP contribution in [0.4, 0.5) is 0 Å². The monoisotopic (exact) mass is 249 g/mol. The summed E-state index contributed by atoms with van der Waals surface area (Å²) in [5, 5.41) is 9.62. The molecular weight excluding hydrogens is 222 g/mol. The van der Waals surface area contributed by atoms with Gasteiger partial charge in [-0.2, -0.15) is 0 Å². The van der Waals surface area contributed by atoms with Crippen LogP contribution < -0.4 is 0 Å². The molecular formula is C16H27NO. The average molecular weight is 249 g/mol. The minimum Gasteiger partial charge on any atom is -0.396 e. The van der Waals surface area contributed by atoms with Crippen molar-refractivity contribution in [1.29, 1.82) is 0 Å². The number of aliphatic hydroxyl groups is 1. The Morgan fingerprint density at radius 1 is 1.17 bits per heavy atom. The standard InChI is InChI=1S/C16H27NO/c1-5-16(6-2,13-18)12-17(4)11-15-10-8-7-9-14(15)3/h7-10,18H,5-6,11-13H2,1-4H3. The molecule has 1 N–H and O–H groups in total. The first-order valence-corrected chi connectivity index (χ1v) is 6.91. The van der Waals surface area contributed by atoms with E-state index in [-0.39, 0.29) is 12.0 Å². The van der Waals surface area contributed by atoms with Crippen LogP contribution in [0.15, 0.2) is 24.3 Å². The molecule has 0 amide bonds. The molecule has 0 saturated heterocycles. The third-order valence-electron chi connectivity index (χ3n) is 4.14. The van der Waals surface area contributed by atoms with Gasteiger partial charge in [0.2, 0.25) is 0 Å². The Morgan fingerprint density at radius 2 is 1.78 bits per heavy atom. The molecule has 18 heavy (non-hydrogen) atoms. The second-order valence-corrected chi connectivity index (χ2v) is 5.46. The summed E-state index contributed by atoms with van der Waals surface area (Å²) >= 11 is 0. The van der Waals surface area contributed by atoms with E-state index in [2.05, 4.69) is 57.0 Å². The number of benzene rings is 1. The van der Waals surface area contributed by atoms with Crippen molar-refractivity contribution in [3.8, 4) is 0 Å². The summed E-state index contributed by atoms with van der Waals surface area (Å²) in [5.41, 5.74) is 2.77. The molecule has 0 aromatic heterocycles. The van der Waals surface area contributed by atoms with Gasteiger partial charge in [0.25, 0.3) is 0 Å². The summed E-state index contributed by atoms with van der Waals surface area (Å²) in [6.45, 7) is 8.67. The van der Waals surface area contributed by atoms with E-state index in [0.717, 1.165) is 25.9 Å². The van der Waals surface area contributed by atoms with Crippen LogP contribution in [-0.4, -0.2) is 30.2 Å². The molecule has 0 radical (unpaired) electrons. The Morgan fingerprint density at radius 3 is 2.28 bits per heavy atom. The van der Waals surface area contributed by atoms with Gasteiger partial charge in [0.05, 0.1) is 0 Å². The van der Waals surface area contributed by atoms with Crippen molar-refractivity contribution in [3.63, 3.8) is 0 Å². The van der Waals surface area contributed by atoms with Crippen molar-refractivity contribution >= 4 is 0 Å². The summed E-state index contributed by atoms with van der Waals surface area (Å²) in [6.07, 6.45) is 2.05. The van der Waals surface area contributed by atoms with Crippen LogP contribution in [0.5, 0.6) is 0 Å². The van der Waals surface area contributed by atoms with Gasteiger partial charge < -0.3 is 10.0 Å². The number of hydrogen-bond donors (Lipinski definition) is 1. The fourth-order valence-electron chi connectivity index (χ4n) is 2.45. The first-order chi connectivity index (χ1) is 8.56. The zero-order valence-electron chi connectivity index (χ0n) is 12.2. The molecule has 1 aromatic carbocycles. The van der Waals surface area contributed by atoms with E-state index in [1.54, 1.807) is 0 Å². The third kappa shape index (κ3) is 3.82. The summed E-state index contributed by atoms with van der Waals surface area (Å²) in [7, 11) is 2.14. The highest BCUT2D eigenvalue weighted by atomic mass is 16.3. The Kier molecular flexibility index (Phi) is 5.83. The third-order valence-corrected chi connectivity index (χ3v) is 4.14. The first-order valence-electron chi connectivity index (χ1n) is 6.91. The highest BCUT2D eigenvalue weighted by Gasteiger charge is 2.26. The first kappa shape index (κ1) is 15.2. The maximum absolute atomic E-state index is 9.62. The smallest absolute Gasteiger partial charge is 0.0499 e. The molecule has 1 rings (SSSR count). The lowest BCUT2D eigenvalue weighted by Crippen LogP contribution is -2.37. The molecule has 0 aliphatic rings. The number of hydrogen-bond acceptors (Lipinski definition) is 2. The molecule has 0 spiro atoms. The van der Waals surface area contributed by atoms with E-state index in [4.69, 9.17) is 0 Å². The minimum absolute atomic E-state index is 0.0530. The van der Waals surface area contributed by atoms with Crippen molar-refractivity contribution in [2.75, 3.05) is 20.2 Å². The van der Waals surface area contributed by atoms with Crippen molar-refractivity contribution in [2.45, 2.75) is 40.2 Å². The van der Waals surface area contributed by atoms with E-state index in [9.17, 15) is 5.11 Å². The van der Waals surface area contributed by atoms with Crippen LogP contribution >= 0.6 is 0 Å². The van der Waals surface area contributed by atoms with Crippen molar-refractivity contribution < 1.29 is 5.11 Å². The molecule has 0 unspecified atom stereocenters. The lowest BCUT2D eigenvalue weighted by atomic mass is 9.82. The van der Waals surface area contributed by atoms with Gasteiger partial charge in [-0.15, -0.1) is 0 Å². The van der Waals surface area contributed by atoms with Crippen LogP contribution in [0.3, 0.4) is 0 Å². The highest BCUT2D eigenvalue weighted by molar-refractivity contribution is 5.25. The molecule has 0 heterocycles. The van der Waals surface area contributed by atoms with Crippen LogP contribution in [0, 0.1) is 12.3 Å². The SMILES string of the molecule is CCC(CC)(CO)CN(C)Cc1ccccc1C. The highest BCUT2D eigenvalue weighted by Crippen LogP contribution is 2.27. The molecule has 2 heteroatoms. The fourth-order valence-corrected chi connectivity index (χ4v) is 2.45. The van der Waals surface area contributed by atoms with Gasteiger partial charge in [0, 0.05) is 25.1 Å². The van der Waals surface area contributed by atoms with Gasteiger partial charge in [-0.3, -0.25) is 0 Å². The molecule has 0 aliphatic carbocycles. The van der Waals surface area contributed by atoms with Crippen molar-refractivity contribution in [1.82, 2.24) is 4.90 Å². The molecule has 2 nitrogen and oxygen atoms in total. The second kappa shape index (κ2) is 6.91.